The van der Waals surface area contributed by atoms with Gasteiger partial charge in [0.05, 0.1) is 6.61 Å². The van der Waals surface area contributed by atoms with Gasteiger partial charge in [-0.15, -0.1) is 0 Å². The van der Waals surface area contributed by atoms with Gasteiger partial charge >= 0.3 is 5.97 Å². The Morgan fingerprint density at radius 3 is 2.17 bits per heavy atom. The Morgan fingerprint density at radius 1 is 1.22 bits per heavy atom. The molecule has 0 spiro atoms. The van der Waals surface area contributed by atoms with Gasteiger partial charge in [0.2, 0.25) is 0 Å². The van der Waals surface area contributed by atoms with Crippen LogP contribution in [0.15, 0.2) is 0 Å². The first kappa shape index (κ1) is 15.5. The van der Waals surface area contributed by atoms with Crippen molar-refractivity contribution in [2.75, 3.05) is 13.2 Å². The molecule has 0 radical (unpaired) electrons. The van der Waals surface area contributed by atoms with Crippen molar-refractivity contribution in [2.24, 2.45) is 16.7 Å². The molecular weight excluding hydrogens is 226 g/mol. The van der Waals surface area contributed by atoms with Crippen LogP contribution in [-0.2, 0) is 9.53 Å². The SMILES string of the molecule is CCCC(NCC1C(C)(C)C1(C)C)C(=O)OCC. The van der Waals surface area contributed by atoms with Gasteiger partial charge in [-0.3, -0.25) is 4.79 Å². The number of ether oxygens (including phenoxy) is 1. The molecule has 106 valence electrons. The van der Waals surface area contributed by atoms with Gasteiger partial charge in [0.15, 0.2) is 0 Å². The van der Waals surface area contributed by atoms with E-state index in [1.54, 1.807) is 0 Å². The second-order valence-electron chi connectivity index (χ2n) is 6.50. The van der Waals surface area contributed by atoms with E-state index < -0.39 is 0 Å². The maximum atomic E-state index is 11.8. The molecule has 0 heterocycles. The summed E-state index contributed by atoms with van der Waals surface area (Å²) in [6, 6.07) is -0.137. The summed E-state index contributed by atoms with van der Waals surface area (Å²) in [6.07, 6.45) is 1.85. The summed E-state index contributed by atoms with van der Waals surface area (Å²) in [5.41, 5.74) is 0.733. The summed E-state index contributed by atoms with van der Waals surface area (Å²) >= 11 is 0. The van der Waals surface area contributed by atoms with E-state index in [4.69, 9.17) is 4.74 Å². The molecular formula is C15H29NO2. The Labute approximate surface area is 112 Å². The summed E-state index contributed by atoms with van der Waals surface area (Å²) in [5.74, 6) is 0.536. The first-order chi connectivity index (χ1) is 8.29. The molecule has 1 saturated carbocycles. The number of carbonyl (C=O) groups excluding carboxylic acids is 1. The van der Waals surface area contributed by atoms with Crippen LogP contribution in [0, 0.1) is 16.7 Å². The fourth-order valence-electron chi connectivity index (χ4n) is 2.94. The zero-order valence-electron chi connectivity index (χ0n) is 12.8. The van der Waals surface area contributed by atoms with E-state index in [-0.39, 0.29) is 12.0 Å². The highest BCUT2D eigenvalue weighted by Crippen LogP contribution is 2.67. The van der Waals surface area contributed by atoms with Crippen molar-refractivity contribution in [2.45, 2.75) is 60.4 Å². The summed E-state index contributed by atoms with van der Waals surface area (Å²) in [6.45, 7) is 14.5. The topological polar surface area (TPSA) is 38.3 Å². The summed E-state index contributed by atoms with van der Waals surface area (Å²) in [7, 11) is 0. The molecule has 18 heavy (non-hydrogen) atoms. The summed E-state index contributed by atoms with van der Waals surface area (Å²) < 4.78 is 5.11. The van der Waals surface area contributed by atoms with Crippen LogP contribution in [0.1, 0.15) is 54.4 Å². The van der Waals surface area contributed by atoms with Crippen molar-refractivity contribution < 1.29 is 9.53 Å². The highest BCUT2D eigenvalue weighted by Gasteiger charge is 2.64. The Bertz CT molecular complexity index is 283. The minimum absolute atomic E-state index is 0.101. The number of nitrogens with one attached hydrogen (secondary N) is 1. The molecule has 3 heteroatoms. The predicted molar refractivity (Wildman–Crippen MR) is 74.4 cm³/mol. The lowest BCUT2D eigenvalue weighted by Gasteiger charge is -2.17. The van der Waals surface area contributed by atoms with Gasteiger partial charge in [0.25, 0.3) is 0 Å². The Hall–Kier alpha value is -0.570. The molecule has 1 aliphatic carbocycles. The van der Waals surface area contributed by atoms with Gasteiger partial charge in [0.1, 0.15) is 6.04 Å². The van der Waals surface area contributed by atoms with Crippen LogP contribution in [0.2, 0.25) is 0 Å². The molecule has 0 aromatic heterocycles. The lowest BCUT2D eigenvalue weighted by molar-refractivity contribution is -0.145. The zero-order valence-corrected chi connectivity index (χ0v) is 12.8. The van der Waals surface area contributed by atoms with Crippen LogP contribution in [0.4, 0.5) is 0 Å². The molecule has 1 N–H and O–H groups in total. The van der Waals surface area contributed by atoms with Crippen LogP contribution < -0.4 is 5.32 Å². The van der Waals surface area contributed by atoms with Crippen LogP contribution in [-0.4, -0.2) is 25.2 Å². The van der Waals surface area contributed by atoms with E-state index in [1.165, 1.54) is 0 Å². The Balaban J connectivity index is 2.47. The fourth-order valence-corrected chi connectivity index (χ4v) is 2.94. The molecule has 1 aliphatic rings. The van der Waals surface area contributed by atoms with Crippen LogP contribution in [0.3, 0.4) is 0 Å². The fraction of sp³-hybridized carbons (Fsp3) is 0.933. The molecule has 1 rings (SSSR count). The number of hydrogen-bond donors (Lipinski definition) is 1. The van der Waals surface area contributed by atoms with Crippen molar-refractivity contribution >= 4 is 5.97 Å². The van der Waals surface area contributed by atoms with Crippen molar-refractivity contribution in [3.63, 3.8) is 0 Å². The predicted octanol–water partition coefficient (Wildman–Crippen LogP) is 2.99. The highest BCUT2D eigenvalue weighted by molar-refractivity contribution is 5.75. The third kappa shape index (κ3) is 2.87. The van der Waals surface area contributed by atoms with Crippen molar-refractivity contribution in [1.29, 1.82) is 0 Å². The lowest BCUT2D eigenvalue weighted by Crippen LogP contribution is -2.39. The number of esters is 1. The molecule has 1 atom stereocenters. The standard InChI is InChI=1S/C15H29NO2/c1-7-9-11(13(17)18-8-2)16-10-12-14(3,4)15(12,5)6/h11-12,16H,7-10H2,1-6H3. The molecule has 1 fully saturated rings. The third-order valence-corrected chi connectivity index (χ3v) is 5.04. The van der Waals surface area contributed by atoms with E-state index in [9.17, 15) is 4.79 Å². The normalized spacial score (nSPS) is 22.6. The van der Waals surface area contributed by atoms with Gasteiger partial charge in [-0.25, -0.2) is 0 Å². The van der Waals surface area contributed by atoms with Gasteiger partial charge < -0.3 is 10.1 Å². The Kier molecular flexibility index (Phi) is 4.82. The van der Waals surface area contributed by atoms with Crippen molar-refractivity contribution in [1.82, 2.24) is 5.32 Å². The average Bonchev–Trinajstić information content (AvgIpc) is 2.65. The van der Waals surface area contributed by atoms with Gasteiger partial charge in [-0.1, -0.05) is 41.0 Å². The average molecular weight is 255 g/mol. The molecule has 1 unspecified atom stereocenters. The van der Waals surface area contributed by atoms with E-state index in [0.717, 1.165) is 19.4 Å². The smallest absolute Gasteiger partial charge is 0.323 e. The number of rotatable bonds is 7. The van der Waals surface area contributed by atoms with E-state index in [1.807, 2.05) is 6.92 Å². The van der Waals surface area contributed by atoms with Gasteiger partial charge in [0, 0.05) is 0 Å². The quantitative estimate of drug-likeness (QED) is 0.711. The van der Waals surface area contributed by atoms with Crippen LogP contribution >= 0.6 is 0 Å². The third-order valence-electron chi connectivity index (χ3n) is 5.04. The van der Waals surface area contributed by atoms with Crippen molar-refractivity contribution in [3.8, 4) is 0 Å². The minimum atomic E-state index is -0.137. The monoisotopic (exact) mass is 255 g/mol. The van der Waals surface area contributed by atoms with Crippen LogP contribution in [0.5, 0.6) is 0 Å². The Morgan fingerprint density at radius 2 is 1.78 bits per heavy atom. The summed E-state index contributed by atoms with van der Waals surface area (Å²) in [5, 5.41) is 3.40. The first-order valence-corrected chi connectivity index (χ1v) is 7.19. The first-order valence-electron chi connectivity index (χ1n) is 7.19. The molecule has 0 saturated heterocycles. The second-order valence-corrected chi connectivity index (χ2v) is 6.50. The molecule has 0 aromatic carbocycles. The highest BCUT2D eigenvalue weighted by atomic mass is 16.5. The van der Waals surface area contributed by atoms with Gasteiger partial charge in [-0.2, -0.15) is 0 Å². The molecule has 0 bridgehead atoms. The van der Waals surface area contributed by atoms with E-state index in [0.29, 0.717) is 23.4 Å². The number of hydrogen-bond acceptors (Lipinski definition) is 3. The van der Waals surface area contributed by atoms with E-state index >= 15 is 0 Å². The lowest BCUT2D eigenvalue weighted by atomic mass is 10.0. The zero-order chi connectivity index (χ0) is 14.0. The molecule has 3 nitrogen and oxygen atoms in total. The van der Waals surface area contributed by atoms with Gasteiger partial charge in [-0.05, 0) is 36.6 Å². The molecule has 0 amide bonds. The summed E-state index contributed by atoms with van der Waals surface area (Å²) in [4.78, 5) is 11.8. The second kappa shape index (κ2) is 5.60. The largest absolute Gasteiger partial charge is 0.465 e. The van der Waals surface area contributed by atoms with Crippen molar-refractivity contribution in [3.05, 3.63) is 0 Å². The van der Waals surface area contributed by atoms with Crippen LogP contribution in [0.25, 0.3) is 0 Å². The molecule has 0 aromatic rings. The van der Waals surface area contributed by atoms with E-state index in [2.05, 4.69) is 39.9 Å². The molecule has 0 aliphatic heterocycles. The maximum absolute atomic E-state index is 11.8. The minimum Gasteiger partial charge on any atom is -0.465 e. The maximum Gasteiger partial charge on any atom is 0.323 e. The number of carbonyl (C=O) groups is 1.